The Hall–Kier alpha value is -1.58. The van der Waals surface area contributed by atoms with Crippen LogP contribution in [0.25, 0.3) is 0 Å². The number of unbranched alkanes of at least 4 members (excludes halogenated alkanes) is 2. The highest BCUT2D eigenvalue weighted by Gasteiger charge is 2.14. The third-order valence-corrected chi connectivity index (χ3v) is 4.63. The van der Waals surface area contributed by atoms with Gasteiger partial charge >= 0.3 is 0 Å². The topological polar surface area (TPSA) is 17.6 Å². The van der Waals surface area contributed by atoms with E-state index in [0.717, 1.165) is 13.1 Å². The lowest BCUT2D eigenvalue weighted by Gasteiger charge is -2.05. The summed E-state index contributed by atoms with van der Waals surface area (Å²) in [4.78, 5) is 0. The van der Waals surface area contributed by atoms with Crippen LogP contribution in [0.2, 0.25) is 0 Å². The van der Waals surface area contributed by atoms with E-state index in [2.05, 4.69) is 72.7 Å². The maximum Gasteiger partial charge on any atom is 0.204 e. The molecular weight excluding hydrogens is 260 g/mol. The summed E-state index contributed by atoms with van der Waals surface area (Å²) in [5.74, 6) is 0. The normalized spacial score (nSPS) is 11.3. The van der Waals surface area contributed by atoms with Crippen molar-refractivity contribution in [3.05, 3.63) is 34.9 Å². The molecule has 0 aromatic carbocycles. The van der Waals surface area contributed by atoms with Crippen LogP contribution in [0.15, 0.2) is 12.1 Å². The molecule has 0 N–H and O–H groups in total. The summed E-state index contributed by atoms with van der Waals surface area (Å²) in [7, 11) is 4.29. The van der Waals surface area contributed by atoms with Gasteiger partial charge in [-0.15, -0.1) is 9.36 Å². The Morgan fingerprint density at radius 1 is 0.714 bits per heavy atom. The predicted molar refractivity (Wildman–Crippen MR) is 84.0 cm³/mol. The average molecular weight is 290 g/mol. The van der Waals surface area contributed by atoms with E-state index in [-0.39, 0.29) is 0 Å². The molecule has 2 aromatic rings. The second-order valence-corrected chi connectivity index (χ2v) is 6.21. The molecular formula is C17H30N4+2. The van der Waals surface area contributed by atoms with Crippen molar-refractivity contribution >= 4 is 0 Å². The first-order chi connectivity index (χ1) is 9.91. The molecule has 0 aliphatic rings. The van der Waals surface area contributed by atoms with Crippen LogP contribution in [0.5, 0.6) is 0 Å². The van der Waals surface area contributed by atoms with Gasteiger partial charge in [-0.25, -0.2) is 0 Å². The van der Waals surface area contributed by atoms with Gasteiger partial charge < -0.3 is 0 Å². The van der Waals surface area contributed by atoms with Crippen molar-refractivity contribution in [1.82, 2.24) is 9.36 Å². The fraction of sp³-hybridized carbons (Fsp3) is 0.647. The Labute approximate surface area is 128 Å². The van der Waals surface area contributed by atoms with Gasteiger partial charge in [-0.05, 0) is 33.1 Å². The number of aryl methyl sites for hydroxylation is 4. The van der Waals surface area contributed by atoms with E-state index in [1.54, 1.807) is 0 Å². The molecule has 116 valence electrons. The summed E-state index contributed by atoms with van der Waals surface area (Å²) < 4.78 is 9.27. The highest BCUT2D eigenvalue weighted by Crippen LogP contribution is 2.06. The highest BCUT2D eigenvalue weighted by atomic mass is 15.4. The van der Waals surface area contributed by atoms with Crippen LogP contribution in [-0.2, 0) is 27.2 Å². The molecule has 0 atom stereocenters. The number of hydrogen-bond acceptors (Lipinski definition) is 0. The van der Waals surface area contributed by atoms with Crippen molar-refractivity contribution in [2.75, 3.05) is 0 Å². The van der Waals surface area contributed by atoms with E-state index in [1.807, 2.05) is 0 Å². The van der Waals surface area contributed by atoms with Crippen molar-refractivity contribution in [2.45, 2.75) is 60.0 Å². The molecule has 0 fully saturated rings. The van der Waals surface area contributed by atoms with Gasteiger partial charge in [0.25, 0.3) is 0 Å². The Balaban J connectivity index is 1.80. The molecule has 0 spiro atoms. The van der Waals surface area contributed by atoms with Crippen LogP contribution < -0.4 is 9.36 Å². The first-order valence-electron chi connectivity index (χ1n) is 7.98. The third-order valence-electron chi connectivity index (χ3n) is 4.63. The van der Waals surface area contributed by atoms with Crippen LogP contribution in [0.4, 0.5) is 0 Å². The Bertz CT molecular complexity index is 565. The minimum atomic E-state index is 1.12. The van der Waals surface area contributed by atoms with Crippen molar-refractivity contribution < 1.29 is 9.36 Å². The van der Waals surface area contributed by atoms with Crippen molar-refractivity contribution in [3.8, 4) is 0 Å². The Kier molecular flexibility index (Phi) is 4.86. The van der Waals surface area contributed by atoms with Crippen molar-refractivity contribution in [3.63, 3.8) is 0 Å². The zero-order valence-electron chi connectivity index (χ0n) is 14.5. The Morgan fingerprint density at radius 3 is 1.38 bits per heavy atom. The van der Waals surface area contributed by atoms with E-state index < -0.39 is 0 Å². The monoisotopic (exact) mass is 290 g/mol. The van der Waals surface area contributed by atoms with Gasteiger partial charge in [-0.3, -0.25) is 0 Å². The molecule has 2 rings (SSSR count). The summed E-state index contributed by atoms with van der Waals surface area (Å²) in [5.41, 5.74) is 5.38. The fourth-order valence-corrected chi connectivity index (χ4v) is 3.15. The number of nitrogens with zero attached hydrogens (tertiary/aromatic N) is 4. The third kappa shape index (κ3) is 3.36. The molecule has 4 nitrogen and oxygen atoms in total. The lowest BCUT2D eigenvalue weighted by atomic mass is 10.2. The summed E-state index contributed by atoms with van der Waals surface area (Å²) in [6, 6.07) is 4.51. The Morgan fingerprint density at radius 2 is 1.10 bits per heavy atom. The summed E-state index contributed by atoms with van der Waals surface area (Å²) in [5, 5.41) is 0. The smallest absolute Gasteiger partial charge is 0.158 e. The van der Waals surface area contributed by atoms with Crippen LogP contribution in [0, 0.1) is 27.7 Å². The molecule has 0 bridgehead atoms. The van der Waals surface area contributed by atoms with Gasteiger partial charge in [0.2, 0.25) is 11.4 Å². The molecule has 21 heavy (non-hydrogen) atoms. The summed E-state index contributed by atoms with van der Waals surface area (Å²) in [6.45, 7) is 11.0. The van der Waals surface area contributed by atoms with E-state index >= 15 is 0 Å². The molecule has 2 heterocycles. The molecule has 2 aromatic heterocycles. The zero-order valence-corrected chi connectivity index (χ0v) is 14.5. The average Bonchev–Trinajstić information content (AvgIpc) is 2.80. The van der Waals surface area contributed by atoms with Gasteiger partial charge in [0.05, 0.1) is 24.5 Å². The van der Waals surface area contributed by atoms with Gasteiger partial charge in [0.15, 0.2) is 14.1 Å². The van der Waals surface area contributed by atoms with Gasteiger partial charge in [0.1, 0.15) is 0 Å². The molecule has 0 amide bonds. The standard InChI is InChI=1S/C17H30N4/c1-14-12-16(3)20(18(14)5)10-8-7-9-11-21-17(4)13-15(2)19(21)6/h12-13H,7-11H2,1-6H3/q+2. The lowest BCUT2D eigenvalue weighted by molar-refractivity contribution is -0.759. The van der Waals surface area contributed by atoms with Crippen LogP contribution in [0.3, 0.4) is 0 Å². The van der Waals surface area contributed by atoms with Crippen molar-refractivity contribution in [2.24, 2.45) is 14.1 Å². The van der Waals surface area contributed by atoms with E-state index in [0.29, 0.717) is 0 Å². The summed E-state index contributed by atoms with van der Waals surface area (Å²) >= 11 is 0. The largest absolute Gasteiger partial charge is 0.204 e. The molecule has 0 saturated heterocycles. The quantitative estimate of drug-likeness (QED) is 0.572. The first-order valence-corrected chi connectivity index (χ1v) is 7.98. The number of hydrogen-bond donors (Lipinski definition) is 0. The van der Waals surface area contributed by atoms with Gasteiger partial charge in [0, 0.05) is 26.0 Å². The van der Waals surface area contributed by atoms with Gasteiger partial charge in [-0.2, -0.15) is 9.36 Å². The minimum Gasteiger partial charge on any atom is -0.158 e. The molecule has 0 radical (unpaired) electrons. The van der Waals surface area contributed by atoms with Crippen LogP contribution >= 0.6 is 0 Å². The number of aromatic nitrogens is 4. The SMILES string of the molecule is Cc1cc(C)[n+](C)n1CCCCCn1c(C)cc(C)[n+]1C. The minimum absolute atomic E-state index is 1.12. The van der Waals surface area contributed by atoms with Crippen molar-refractivity contribution in [1.29, 1.82) is 0 Å². The van der Waals surface area contributed by atoms with E-state index in [9.17, 15) is 0 Å². The molecule has 0 saturated carbocycles. The van der Waals surface area contributed by atoms with E-state index in [1.165, 1.54) is 42.0 Å². The van der Waals surface area contributed by atoms with E-state index in [4.69, 9.17) is 0 Å². The maximum absolute atomic E-state index is 2.38. The fourth-order valence-electron chi connectivity index (χ4n) is 3.15. The molecule has 0 unspecified atom stereocenters. The van der Waals surface area contributed by atoms with Crippen LogP contribution in [0.1, 0.15) is 42.0 Å². The molecule has 0 aliphatic heterocycles. The summed E-state index contributed by atoms with van der Waals surface area (Å²) in [6.07, 6.45) is 3.75. The van der Waals surface area contributed by atoms with Crippen LogP contribution in [-0.4, -0.2) is 9.36 Å². The molecule has 4 heteroatoms. The zero-order chi connectivity index (χ0) is 15.6. The number of rotatable bonds is 6. The second-order valence-electron chi connectivity index (χ2n) is 6.21. The lowest BCUT2D eigenvalue weighted by Crippen LogP contribution is -2.42. The maximum atomic E-state index is 2.38. The second kappa shape index (κ2) is 6.46. The highest BCUT2D eigenvalue weighted by molar-refractivity contribution is 5.01. The predicted octanol–water partition coefficient (Wildman–Crippen LogP) is 2.04. The van der Waals surface area contributed by atoms with Gasteiger partial charge in [-0.1, -0.05) is 0 Å². The molecule has 0 aliphatic carbocycles. The first kappa shape index (κ1) is 15.8.